The molecule has 16 heavy (non-hydrogen) atoms. The summed E-state index contributed by atoms with van der Waals surface area (Å²) in [4.78, 5) is 4.50. The molecule has 0 bridgehead atoms. The normalized spacial score (nSPS) is 11.4. The molecule has 0 unspecified atom stereocenters. The molecule has 2 aromatic heterocycles. The molecule has 3 aromatic rings. The molecule has 3 heteroatoms. The van der Waals surface area contributed by atoms with E-state index in [1.54, 1.807) is 11.3 Å². The van der Waals surface area contributed by atoms with Crippen LogP contribution in [0.1, 0.15) is 11.4 Å². The fourth-order valence-electron chi connectivity index (χ4n) is 2.06. The van der Waals surface area contributed by atoms with E-state index in [4.69, 9.17) is 11.6 Å². The summed E-state index contributed by atoms with van der Waals surface area (Å²) in [5.74, 6) is 0. The molecule has 0 amide bonds. The van der Waals surface area contributed by atoms with E-state index < -0.39 is 0 Å². The number of nitrogens with zero attached hydrogens (tertiary/aromatic N) is 1. The van der Waals surface area contributed by atoms with E-state index in [0.717, 1.165) is 16.4 Å². The van der Waals surface area contributed by atoms with Crippen LogP contribution in [0, 0.1) is 13.8 Å². The molecule has 2 heterocycles. The van der Waals surface area contributed by atoms with E-state index in [2.05, 4.69) is 24.0 Å². The summed E-state index contributed by atoms with van der Waals surface area (Å²) in [6.45, 7) is 4.09. The number of benzene rings is 1. The van der Waals surface area contributed by atoms with Crippen LogP contribution in [0.25, 0.3) is 20.2 Å². The van der Waals surface area contributed by atoms with Crippen LogP contribution >= 0.6 is 22.9 Å². The summed E-state index contributed by atoms with van der Waals surface area (Å²) in [5.41, 5.74) is 2.16. The van der Waals surface area contributed by atoms with Crippen LogP contribution in [0.5, 0.6) is 0 Å². The Hall–Kier alpha value is -1.12. The highest BCUT2D eigenvalue weighted by atomic mass is 35.5. The largest absolute Gasteiger partial charge is 0.257 e. The Balaban J connectivity index is 2.57. The van der Waals surface area contributed by atoms with Crippen molar-refractivity contribution in [1.29, 1.82) is 0 Å². The topological polar surface area (TPSA) is 12.9 Å². The Morgan fingerprint density at radius 3 is 2.75 bits per heavy atom. The number of fused-ring (bicyclic) bond motifs is 3. The third-order valence-electron chi connectivity index (χ3n) is 2.71. The minimum absolute atomic E-state index is 0.791. The fourth-order valence-corrected chi connectivity index (χ4v) is 3.34. The van der Waals surface area contributed by atoms with Gasteiger partial charge in [0.1, 0.15) is 0 Å². The quantitative estimate of drug-likeness (QED) is 0.560. The highest BCUT2D eigenvalue weighted by molar-refractivity contribution is 7.26. The molecule has 80 valence electrons. The van der Waals surface area contributed by atoms with E-state index in [-0.39, 0.29) is 0 Å². The second kappa shape index (κ2) is 3.44. The molecule has 1 nitrogen and oxygen atoms in total. The Kier molecular flexibility index (Phi) is 2.16. The fraction of sp³-hybridized carbons (Fsp3) is 0.154. The van der Waals surface area contributed by atoms with Crippen molar-refractivity contribution < 1.29 is 0 Å². The Morgan fingerprint density at radius 2 is 1.94 bits per heavy atom. The molecule has 0 saturated heterocycles. The lowest BCUT2D eigenvalue weighted by Crippen LogP contribution is -1.84. The minimum Gasteiger partial charge on any atom is -0.257 e. The molecule has 1 aromatic carbocycles. The average molecular weight is 248 g/mol. The molecule has 3 rings (SSSR count). The van der Waals surface area contributed by atoms with Gasteiger partial charge in [0.05, 0.1) is 10.4 Å². The summed E-state index contributed by atoms with van der Waals surface area (Å²) in [6.07, 6.45) is 0. The lowest BCUT2D eigenvalue weighted by Gasteiger charge is -1.98. The number of thiophene rings is 1. The van der Waals surface area contributed by atoms with Gasteiger partial charge in [-0.05, 0) is 38.1 Å². The third-order valence-corrected chi connectivity index (χ3v) is 4.24. The Bertz CT molecular complexity index is 700. The second-order valence-corrected chi connectivity index (χ2v) is 5.46. The second-order valence-electron chi connectivity index (χ2n) is 3.97. The predicted molar refractivity (Wildman–Crippen MR) is 71.6 cm³/mol. The van der Waals surface area contributed by atoms with Crippen molar-refractivity contribution in [3.8, 4) is 0 Å². The number of aryl methyl sites for hydroxylation is 2. The van der Waals surface area contributed by atoms with E-state index in [1.807, 2.05) is 19.1 Å². The van der Waals surface area contributed by atoms with Crippen molar-refractivity contribution in [3.05, 3.63) is 40.7 Å². The number of hydrogen-bond acceptors (Lipinski definition) is 2. The van der Waals surface area contributed by atoms with Gasteiger partial charge in [0, 0.05) is 26.2 Å². The van der Waals surface area contributed by atoms with Crippen molar-refractivity contribution in [2.45, 2.75) is 13.8 Å². The standard InChI is InChI=1S/C13H10ClNS/c1-7-5-11-10-6-9(14)3-4-12(10)16-13(11)8(2)15-7/h3-6H,1-2H3. The lowest BCUT2D eigenvalue weighted by atomic mass is 10.1. The zero-order valence-corrected chi connectivity index (χ0v) is 10.6. The number of pyridine rings is 1. The van der Waals surface area contributed by atoms with Gasteiger partial charge in [0.2, 0.25) is 0 Å². The van der Waals surface area contributed by atoms with Crippen LogP contribution in [0.2, 0.25) is 5.02 Å². The summed E-state index contributed by atoms with van der Waals surface area (Å²) < 4.78 is 2.54. The predicted octanol–water partition coefficient (Wildman–Crippen LogP) is 4.72. The third kappa shape index (κ3) is 1.41. The molecular formula is C13H10ClNS. The number of aromatic nitrogens is 1. The number of rotatable bonds is 0. The lowest BCUT2D eigenvalue weighted by molar-refractivity contribution is 1.16. The molecule has 0 aliphatic heterocycles. The Labute approximate surface area is 103 Å². The number of hydrogen-bond donors (Lipinski definition) is 0. The van der Waals surface area contributed by atoms with Gasteiger partial charge in [-0.2, -0.15) is 0 Å². The first-order valence-electron chi connectivity index (χ1n) is 5.11. The van der Waals surface area contributed by atoms with Gasteiger partial charge >= 0.3 is 0 Å². The molecule has 0 aliphatic rings. The maximum Gasteiger partial charge on any atom is 0.0568 e. The highest BCUT2D eigenvalue weighted by Crippen LogP contribution is 2.36. The zero-order chi connectivity index (χ0) is 11.3. The van der Waals surface area contributed by atoms with Gasteiger partial charge in [0.25, 0.3) is 0 Å². The maximum atomic E-state index is 6.04. The Morgan fingerprint density at radius 1 is 1.12 bits per heavy atom. The van der Waals surface area contributed by atoms with E-state index >= 15 is 0 Å². The van der Waals surface area contributed by atoms with Crippen LogP contribution < -0.4 is 0 Å². The van der Waals surface area contributed by atoms with Crippen molar-refractivity contribution in [3.63, 3.8) is 0 Å². The zero-order valence-electron chi connectivity index (χ0n) is 9.04. The van der Waals surface area contributed by atoms with Crippen molar-refractivity contribution in [1.82, 2.24) is 4.98 Å². The van der Waals surface area contributed by atoms with Crippen LogP contribution in [0.15, 0.2) is 24.3 Å². The van der Waals surface area contributed by atoms with Crippen molar-refractivity contribution in [2.75, 3.05) is 0 Å². The highest BCUT2D eigenvalue weighted by Gasteiger charge is 2.08. The minimum atomic E-state index is 0.791. The number of halogens is 1. The summed E-state index contributed by atoms with van der Waals surface area (Å²) in [7, 11) is 0. The maximum absolute atomic E-state index is 6.04. The monoisotopic (exact) mass is 247 g/mol. The van der Waals surface area contributed by atoms with Gasteiger partial charge in [-0.1, -0.05) is 11.6 Å². The van der Waals surface area contributed by atoms with Crippen LogP contribution in [-0.2, 0) is 0 Å². The molecule has 0 aliphatic carbocycles. The van der Waals surface area contributed by atoms with Gasteiger partial charge < -0.3 is 0 Å². The summed E-state index contributed by atoms with van der Waals surface area (Å²) >= 11 is 7.83. The molecule has 0 spiro atoms. The van der Waals surface area contributed by atoms with Crippen molar-refractivity contribution in [2.24, 2.45) is 0 Å². The molecule has 0 atom stereocenters. The van der Waals surface area contributed by atoms with Gasteiger partial charge in [-0.25, -0.2) is 0 Å². The van der Waals surface area contributed by atoms with Crippen molar-refractivity contribution >= 4 is 43.1 Å². The van der Waals surface area contributed by atoms with Crippen LogP contribution in [0.3, 0.4) is 0 Å². The molecule has 0 saturated carbocycles. The van der Waals surface area contributed by atoms with Crippen LogP contribution in [-0.4, -0.2) is 4.98 Å². The van der Waals surface area contributed by atoms with Gasteiger partial charge in [-0.3, -0.25) is 4.98 Å². The van der Waals surface area contributed by atoms with Gasteiger partial charge in [-0.15, -0.1) is 11.3 Å². The average Bonchev–Trinajstić information content (AvgIpc) is 2.57. The first kappa shape index (κ1) is 10.1. The first-order valence-corrected chi connectivity index (χ1v) is 6.30. The molecule has 0 radical (unpaired) electrons. The van der Waals surface area contributed by atoms with E-state index in [9.17, 15) is 0 Å². The summed E-state index contributed by atoms with van der Waals surface area (Å²) in [5, 5.41) is 3.30. The smallest absolute Gasteiger partial charge is 0.0568 e. The first-order chi connectivity index (χ1) is 7.65. The van der Waals surface area contributed by atoms with E-state index in [0.29, 0.717) is 0 Å². The summed E-state index contributed by atoms with van der Waals surface area (Å²) in [6, 6.07) is 8.19. The molecule has 0 fully saturated rings. The van der Waals surface area contributed by atoms with Gasteiger partial charge in [0.15, 0.2) is 0 Å². The van der Waals surface area contributed by atoms with Crippen LogP contribution in [0.4, 0.5) is 0 Å². The molecular weight excluding hydrogens is 238 g/mol. The molecule has 0 N–H and O–H groups in total. The van der Waals surface area contributed by atoms with E-state index in [1.165, 1.54) is 20.2 Å². The SMILES string of the molecule is Cc1cc2c(sc3ccc(Cl)cc32)c(C)n1.